The Bertz CT molecular complexity index is 954. The summed E-state index contributed by atoms with van der Waals surface area (Å²) in [5.41, 5.74) is 1.58. The van der Waals surface area contributed by atoms with Gasteiger partial charge in [0.15, 0.2) is 0 Å². The van der Waals surface area contributed by atoms with E-state index in [-0.39, 0.29) is 18.2 Å². The SMILES string of the molecule is COc1ccc(N2CCN([C@@H]3CC(=O)N(c4ccc(OC)cc4OC)C3=O)CC2)cc1. The third kappa shape index (κ3) is 4.03. The minimum absolute atomic E-state index is 0.177. The molecule has 0 spiro atoms. The Morgan fingerprint density at radius 2 is 1.45 bits per heavy atom. The van der Waals surface area contributed by atoms with Crippen molar-refractivity contribution in [3.8, 4) is 17.2 Å². The minimum Gasteiger partial charge on any atom is -0.497 e. The standard InChI is InChI=1S/C23H27N3O5/c1-29-17-6-4-16(5-7-17)24-10-12-25(13-11-24)20-15-22(27)26(23(20)28)19-9-8-18(30-2)14-21(19)31-3/h4-9,14,20H,10-13,15H2,1-3H3/t20-/m1/s1. The lowest BCUT2D eigenvalue weighted by Crippen LogP contribution is -2.52. The fourth-order valence-electron chi connectivity index (χ4n) is 4.21. The van der Waals surface area contributed by atoms with Crippen LogP contribution in [0.15, 0.2) is 42.5 Å². The first kappa shape index (κ1) is 21.0. The molecular formula is C23H27N3O5. The molecular weight excluding hydrogens is 398 g/mol. The Kier molecular flexibility index (Phi) is 5.99. The van der Waals surface area contributed by atoms with E-state index in [4.69, 9.17) is 14.2 Å². The molecule has 2 amide bonds. The van der Waals surface area contributed by atoms with E-state index in [2.05, 4.69) is 9.80 Å². The molecule has 1 atom stereocenters. The molecule has 0 unspecified atom stereocenters. The van der Waals surface area contributed by atoms with Crippen LogP contribution >= 0.6 is 0 Å². The predicted molar refractivity (Wildman–Crippen MR) is 117 cm³/mol. The topological polar surface area (TPSA) is 71.6 Å². The van der Waals surface area contributed by atoms with Crippen molar-refractivity contribution in [3.05, 3.63) is 42.5 Å². The lowest BCUT2D eigenvalue weighted by molar-refractivity contribution is -0.123. The van der Waals surface area contributed by atoms with Crippen molar-refractivity contribution in [1.82, 2.24) is 4.90 Å². The van der Waals surface area contributed by atoms with Crippen LogP contribution in [0.3, 0.4) is 0 Å². The Hall–Kier alpha value is -3.26. The van der Waals surface area contributed by atoms with Crippen LogP contribution in [0.25, 0.3) is 0 Å². The van der Waals surface area contributed by atoms with E-state index < -0.39 is 6.04 Å². The summed E-state index contributed by atoms with van der Waals surface area (Å²) in [5, 5.41) is 0. The average Bonchev–Trinajstić information content (AvgIpc) is 3.12. The van der Waals surface area contributed by atoms with Crippen LogP contribution in [0.2, 0.25) is 0 Å². The van der Waals surface area contributed by atoms with Crippen molar-refractivity contribution in [2.75, 3.05) is 57.3 Å². The summed E-state index contributed by atoms with van der Waals surface area (Å²) < 4.78 is 15.8. The van der Waals surface area contributed by atoms with E-state index in [1.165, 1.54) is 12.0 Å². The maximum atomic E-state index is 13.2. The zero-order chi connectivity index (χ0) is 22.0. The molecule has 2 heterocycles. The molecule has 4 rings (SSSR count). The number of hydrogen-bond acceptors (Lipinski definition) is 7. The predicted octanol–water partition coefficient (Wildman–Crippen LogP) is 2.17. The third-order valence-electron chi connectivity index (χ3n) is 5.94. The second-order valence-corrected chi connectivity index (χ2v) is 7.55. The third-order valence-corrected chi connectivity index (χ3v) is 5.94. The second kappa shape index (κ2) is 8.85. The minimum atomic E-state index is -0.447. The van der Waals surface area contributed by atoms with Gasteiger partial charge < -0.3 is 19.1 Å². The van der Waals surface area contributed by atoms with Crippen molar-refractivity contribution in [3.63, 3.8) is 0 Å². The smallest absolute Gasteiger partial charge is 0.251 e. The summed E-state index contributed by atoms with van der Waals surface area (Å²) in [6.45, 7) is 3.00. The number of carbonyl (C=O) groups excluding carboxylic acids is 2. The molecule has 0 saturated carbocycles. The van der Waals surface area contributed by atoms with Gasteiger partial charge in [-0.15, -0.1) is 0 Å². The van der Waals surface area contributed by atoms with Gasteiger partial charge in [0.05, 0.1) is 39.5 Å². The molecule has 0 aliphatic carbocycles. The molecule has 164 valence electrons. The van der Waals surface area contributed by atoms with Gasteiger partial charge in [-0.1, -0.05) is 0 Å². The highest BCUT2D eigenvalue weighted by molar-refractivity contribution is 6.23. The molecule has 2 fully saturated rings. The number of methoxy groups -OCH3 is 3. The molecule has 2 saturated heterocycles. The average molecular weight is 425 g/mol. The second-order valence-electron chi connectivity index (χ2n) is 7.55. The first-order valence-electron chi connectivity index (χ1n) is 10.3. The summed E-state index contributed by atoms with van der Waals surface area (Å²) in [6.07, 6.45) is 0.177. The van der Waals surface area contributed by atoms with Gasteiger partial charge >= 0.3 is 0 Å². The van der Waals surface area contributed by atoms with Crippen molar-refractivity contribution in [2.24, 2.45) is 0 Å². The summed E-state index contributed by atoms with van der Waals surface area (Å²) in [4.78, 5) is 31.6. The number of benzene rings is 2. The Morgan fingerprint density at radius 1 is 0.806 bits per heavy atom. The van der Waals surface area contributed by atoms with E-state index in [1.54, 1.807) is 32.4 Å². The molecule has 2 aliphatic heterocycles. The van der Waals surface area contributed by atoms with Crippen LogP contribution < -0.4 is 24.0 Å². The van der Waals surface area contributed by atoms with Crippen molar-refractivity contribution >= 4 is 23.2 Å². The first-order valence-corrected chi connectivity index (χ1v) is 10.3. The first-order chi connectivity index (χ1) is 15.0. The summed E-state index contributed by atoms with van der Waals surface area (Å²) in [5.74, 6) is 1.45. The maximum Gasteiger partial charge on any atom is 0.251 e. The Balaban J connectivity index is 1.45. The molecule has 0 bridgehead atoms. The van der Waals surface area contributed by atoms with Gasteiger partial charge in [0, 0.05) is 37.9 Å². The normalized spacial score (nSPS) is 19.6. The summed E-state index contributed by atoms with van der Waals surface area (Å²) in [6, 6.07) is 12.6. The fourth-order valence-corrected chi connectivity index (χ4v) is 4.21. The van der Waals surface area contributed by atoms with Gasteiger partial charge in [-0.05, 0) is 36.4 Å². The summed E-state index contributed by atoms with van der Waals surface area (Å²) in [7, 11) is 4.72. The summed E-state index contributed by atoms with van der Waals surface area (Å²) >= 11 is 0. The van der Waals surface area contributed by atoms with E-state index in [1.807, 2.05) is 24.3 Å². The van der Waals surface area contributed by atoms with E-state index in [0.717, 1.165) is 24.5 Å². The highest BCUT2D eigenvalue weighted by Crippen LogP contribution is 2.36. The van der Waals surface area contributed by atoms with Gasteiger partial charge in [-0.25, -0.2) is 4.90 Å². The molecule has 0 N–H and O–H groups in total. The zero-order valence-electron chi connectivity index (χ0n) is 18.0. The van der Waals surface area contributed by atoms with E-state index in [9.17, 15) is 9.59 Å². The molecule has 8 nitrogen and oxygen atoms in total. The van der Waals surface area contributed by atoms with E-state index in [0.29, 0.717) is 30.3 Å². The number of nitrogens with zero attached hydrogens (tertiary/aromatic N) is 3. The van der Waals surface area contributed by atoms with Crippen LogP contribution in [0.5, 0.6) is 17.2 Å². The molecule has 31 heavy (non-hydrogen) atoms. The number of amides is 2. The van der Waals surface area contributed by atoms with Crippen LogP contribution in [0, 0.1) is 0 Å². The highest BCUT2D eigenvalue weighted by atomic mass is 16.5. The van der Waals surface area contributed by atoms with Gasteiger partial charge in [0.1, 0.15) is 17.2 Å². The monoisotopic (exact) mass is 425 g/mol. The Labute approximate surface area is 181 Å². The Morgan fingerprint density at radius 3 is 2.06 bits per heavy atom. The largest absolute Gasteiger partial charge is 0.497 e. The maximum absolute atomic E-state index is 13.2. The number of anilines is 2. The molecule has 2 aliphatic rings. The number of rotatable bonds is 6. The lowest BCUT2D eigenvalue weighted by Gasteiger charge is -2.38. The fraction of sp³-hybridized carbons (Fsp3) is 0.391. The van der Waals surface area contributed by atoms with Crippen molar-refractivity contribution in [1.29, 1.82) is 0 Å². The number of imide groups is 1. The van der Waals surface area contributed by atoms with Crippen LogP contribution in [0.1, 0.15) is 6.42 Å². The highest BCUT2D eigenvalue weighted by Gasteiger charge is 2.44. The van der Waals surface area contributed by atoms with Crippen LogP contribution in [0.4, 0.5) is 11.4 Å². The van der Waals surface area contributed by atoms with E-state index >= 15 is 0 Å². The molecule has 0 aromatic heterocycles. The molecule has 2 aromatic carbocycles. The van der Waals surface area contributed by atoms with Gasteiger partial charge in [-0.2, -0.15) is 0 Å². The quantitative estimate of drug-likeness (QED) is 0.657. The molecule has 0 radical (unpaired) electrons. The molecule has 2 aromatic rings. The number of hydrogen-bond donors (Lipinski definition) is 0. The van der Waals surface area contributed by atoms with Crippen molar-refractivity contribution in [2.45, 2.75) is 12.5 Å². The van der Waals surface area contributed by atoms with Gasteiger partial charge in [0.2, 0.25) is 5.91 Å². The number of carbonyl (C=O) groups is 2. The van der Waals surface area contributed by atoms with Gasteiger partial charge in [-0.3, -0.25) is 14.5 Å². The lowest BCUT2D eigenvalue weighted by atomic mass is 10.1. The number of ether oxygens (including phenoxy) is 3. The molecule has 8 heteroatoms. The van der Waals surface area contributed by atoms with Crippen LogP contribution in [-0.2, 0) is 9.59 Å². The van der Waals surface area contributed by atoms with Crippen LogP contribution in [-0.4, -0.2) is 70.3 Å². The van der Waals surface area contributed by atoms with Gasteiger partial charge in [0.25, 0.3) is 5.91 Å². The zero-order valence-corrected chi connectivity index (χ0v) is 18.0. The number of piperazine rings is 1. The van der Waals surface area contributed by atoms with Crippen molar-refractivity contribution < 1.29 is 23.8 Å².